The molecular weight excluding hydrogens is 252 g/mol. The van der Waals surface area contributed by atoms with Crippen LogP contribution < -0.4 is 4.31 Å². The van der Waals surface area contributed by atoms with Crippen LogP contribution in [0.25, 0.3) is 0 Å². The van der Waals surface area contributed by atoms with Crippen molar-refractivity contribution in [3.63, 3.8) is 0 Å². The number of rotatable bonds is 2. The maximum atomic E-state index is 11.5. The molecule has 0 aromatic carbocycles. The van der Waals surface area contributed by atoms with Crippen LogP contribution in [0.15, 0.2) is 0 Å². The minimum Gasteiger partial charge on any atom is -0.296 e. The Morgan fingerprint density at radius 1 is 1.22 bits per heavy atom. The Labute approximate surface area is 109 Å². The molecule has 1 aliphatic rings. The van der Waals surface area contributed by atoms with Gasteiger partial charge in [-0.05, 0) is 7.05 Å². The molecule has 0 spiro atoms. The highest BCUT2D eigenvalue weighted by atomic mass is 32.2. The molecule has 1 aromatic heterocycles. The Morgan fingerprint density at radius 3 is 2.28 bits per heavy atom. The van der Waals surface area contributed by atoms with Gasteiger partial charge in [0.15, 0.2) is 0 Å². The van der Waals surface area contributed by atoms with Gasteiger partial charge in [0.25, 0.3) is 0 Å². The van der Waals surface area contributed by atoms with Gasteiger partial charge in [-0.25, -0.2) is 8.42 Å². The summed E-state index contributed by atoms with van der Waals surface area (Å²) in [6.45, 7) is 5.53. The van der Waals surface area contributed by atoms with Crippen LogP contribution in [0.2, 0.25) is 0 Å². The van der Waals surface area contributed by atoms with Gasteiger partial charge < -0.3 is 0 Å². The Balaban J connectivity index is 0.000000771. The minimum atomic E-state index is -3.23. The number of nitrogens with zero attached hydrogens (tertiary/aromatic N) is 4. The zero-order valence-electron chi connectivity index (χ0n) is 11.9. The molecule has 0 N–H and O–H groups in total. The maximum Gasteiger partial charge on any atom is 0.233 e. The summed E-state index contributed by atoms with van der Waals surface area (Å²) in [6, 6.07) is 0. The van der Waals surface area contributed by atoms with E-state index < -0.39 is 10.0 Å². The van der Waals surface area contributed by atoms with E-state index in [0.717, 1.165) is 24.3 Å². The van der Waals surface area contributed by atoms with E-state index in [9.17, 15) is 8.42 Å². The Hall–Kier alpha value is -1.08. The summed E-state index contributed by atoms with van der Waals surface area (Å²) in [5.74, 6) is 0.668. The number of hydrogen-bond acceptors (Lipinski definition) is 4. The lowest BCUT2D eigenvalue weighted by atomic mass is 10.3. The first-order valence-electron chi connectivity index (χ1n) is 5.98. The smallest absolute Gasteiger partial charge is 0.233 e. The van der Waals surface area contributed by atoms with E-state index in [2.05, 4.69) is 10.00 Å². The van der Waals surface area contributed by atoms with Gasteiger partial charge in [-0.3, -0.25) is 13.9 Å². The zero-order chi connectivity index (χ0) is 14.1. The van der Waals surface area contributed by atoms with E-state index in [0.29, 0.717) is 5.82 Å². The molecule has 0 saturated heterocycles. The van der Waals surface area contributed by atoms with Crippen molar-refractivity contribution in [2.45, 2.75) is 26.9 Å². The number of anilines is 1. The van der Waals surface area contributed by atoms with Crippen LogP contribution in [-0.4, -0.2) is 43.4 Å². The van der Waals surface area contributed by atoms with E-state index in [1.54, 1.807) is 18.8 Å². The molecule has 0 unspecified atom stereocenters. The predicted octanol–water partition coefficient (Wildman–Crippen LogP) is 0.788. The molecule has 6 nitrogen and oxygen atoms in total. The minimum absolute atomic E-state index is 0.668. The lowest BCUT2D eigenvalue weighted by molar-refractivity contribution is 0.347. The van der Waals surface area contributed by atoms with Gasteiger partial charge >= 0.3 is 0 Å². The van der Waals surface area contributed by atoms with Crippen molar-refractivity contribution in [2.75, 3.05) is 24.7 Å². The summed E-state index contributed by atoms with van der Waals surface area (Å²) in [7, 11) is 2.09. The maximum absolute atomic E-state index is 11.5. The first-order chi connectivity index (χ1) is 8.30. The summed E-state index contributed by atoms with van der Waals surface area (Å²) in [4.78, 5) is 2.11. The summed E-state index contributed by atoms with van der Waals surface area (Å²) >= 11 is 0. The first-order valence-corrected chi connectivity index (χ1v) is 7.82. The molecule has 0 saturated carbocycles. The second-order valence-electron chi connectivity index (χ2n) is 4.28. The Morgan fingerprint density at radius 2 is 1.78 bits per heavy atom. The van der Waals surface area contributed by atoms with Crippen LogP contribution in [0.1, 0.15) is 25.1 Å². The van der Waals surface area contributed by atoms with Crippen LogP contribution >= 0.6 is 0 Å². The van der Waals surface area contributed by atoms with Gasteiger partial charge in [-0.2, -0.15) is 5.10 Å². The van der Waals surface area contributed by atoms with E-state index in [4.69, 9.17) is 0 Å². The van der Waals surface area contributed by atoms with Crippen molar-refractivity contribution in [1.29, 1.82) is 0 Å². The van der Waals surface area contributed by atoms with Crippen molar-refractivity contribution in [2.24, 2.45) is 7.05 Å². The molecule has 2 rings (SSSR count). The van der Waals surface area contributed by atoms with Crippen LogP contribution in [-0.2, 0) is 30.2 Å². The highest BCUT2D eigenvalue weighted by Gasteiger charge is 2.28. The van der Waals surface area contributed by atoms with Crippen LogP contribution in [0.5, 0.6) is 0 Å². The largest absolute Gasteiger partial charge is 0.296 e. The molecule has 2 heterocycles. The normalized spacial score (nSPS) is 15.0. The quantitative estimate of drug-likeness (QED) is 0.800. The van der Waals surface area contributed by atoms with Gasteiger partial charge in [0.05, 0.1) is 11.9 Å². The number of sulfonamides is 1. The molecule has 7 heteroatoms. The summed E-state index contributed by atoms with van der Waals surface area (Å²) in [5, 5.41) is 4.35. The van der Waals surface area contributed by atoms with E-state index in [1.165, 1.54) is 10.6 Å². The standard InChI is InChI=1S/C9H16N4O2S.C2H6/c1-11-5-7-8(6-11)10-12(2)9(7)13(3)16(4,14)15;1-2/h5-6H2,1-4H3;1-2H3. The second kappa shape index (κ2) is 5.27. The number of aromatic nitrogens is 2. The van der Waals surface area contributed by atoms with Crippen molar-refractivity contribution in [3.8, 4) is 0 Å². The van der Waals surface area contributed by atoms with Crippen molar-refractivity contribution in [3.05, 3.63) is 11.3 Å². The molecule has 0 aliphatic carbocycles. The third kappa shape index (κ3) is 2.67. The van der Waals surface area contributed by atoms with Gasteiger partial charge in [-0.15, -0.1) is 0 Å². The number of hydrogen-bond donors (Lipinski definition) is 0. The first kappa shape index (κ1) is 15.0. The SMILES string of the molecule is CC.CN1Cc2nn(C)c(N(C)S(C)(=O)=O)c2C1. The van der Waals surface area contributed by atoms with Crippen molar-refractivity contribution >= 4 is 15.8 Å². The summed E-state index contributed by atoms with van der Waals surface area (Å²) in [5.41, 5.74) is 1.98. The fourth-order valence-electron chi connectivity index (χ4n) is 2.03. The van der Waals surface area contributed by atoms with Gasteiger partial charge in [0, 0.05) is 32.7 Å². The molecule has 1 aromatic rings. The predicted molar refractivity (Wildman–Crippen MR) is 73.0 cm³/mol. The monoisotopic (exact) mass is 274 g/mol. The molecule has 0 atom stereocenters. The highest BCUT2D eigenvalue weighted by Crippen LogP contribution is 2.30. The number of aryl methyl sites for hydroxylation is 1. The zero-order valence-corrected chi connectivity index (χ0v) is 12.7. The van der Waals surface area contributed by atoms with Crippen molar-refractivity contribution < 1.29 is 8.42 Å². The van der Waals surface area contributed by atoms with Crippen LogP contribution in [0.4, 0.5) is 5.82 Å². The molecule has 0 amide bonds. The molecular formula is C11H22N4O2S. The summed E-state index contributed by atoms with van der Waals surface area (Å²) in [6.07, 6.45) is 1.20. The molecule has 104 valence electrons. The summed E-state index contributed by atoms with van der Waals surface area (Å²) < 4.78 is 26.0. The van der Waals surface area contributed by atoms with E-state index in [1.807, 2.05) is 20.9 Å². The van der Waals surface area contributed by atoms with Crippen molar-refractivity contribution in [1.82, 2.24) is 14.7 Å². The lowest BCUT2D eigenvalue weighted by Gasteiger charge is -2.18. The highest BCUT2D eigenvalue weighted by molar-refractivity contribution is 7.92. The van der Waals surface area contributed by atoms with Gasteiger partial charge in [0.1, 0.15) is 5.82 Å². The Kier molecular flexibility index (Phi) is 4.39. The lowest BCUT2D eigenvalue weighted by Crippen LogP contribution is -2.28. The molecule has 0 radical (unpaired) electrons. The molecule has 18 heavy (non-hydrogen) atoms. The van der Waals surface area contributed by atoms with E-state index >= 15 is 0 Å². The van der Waals surface area contributed by atoms with Crippen LogP contribution in [0, 0.1) is 0 Å². The third-order valence-electron chi connectivity index (χ3n) is 2.84. The van der Waals surface area contributed by atoms with Gasteiger partial charge in [0.2, 0.25) is 10.0 Å². The van der Waals surface area contributed by atoms with E-state index in [-0.39, 0.29) is 0 Å². The fraction of sp³-hybridized carbons (Fsp3) is 0.727. The Bertz CT molecular complexity index is 521. The van der Waals surface area contributed by atoms with Crippen LogP contribution in [0.3, 0.4) is 0 Å². The van der Waals surface area contributed by atoms with Gasteiger partial charge in [-0.1, -0.05) is 13.8 Å². The average Bonchev–Trinajstić information content (AvgIpc) is 2.73. The molecule has 0 fully saturated rings. The topological polar surface area (TPSA) is 58.4 Å². The third-order valence-corrected chi connectivity index (χ3v) is 4.01. The molecule has 1 aliphatic heterocycles. The molecule has 0 bridgehead atoms. The average molecular weight is 274 g/mol. The fourth-order valence-corrected chi connectivity index (χ4v) is 2.58. The second-order valence-corrected chi connectivity index (χ2v) is 6.29. The number of fused-ring (bicyclic) bond motifs is 1.